The van der Waals surface area contributed by atoms with Crippen molar-refractivity contribution in [2.75, 3.05) is 11.4 Å². The van der Waals surface area contributed by atoms with Gasteiger partial charge in [-0.15, -0.1) is 0 Å². The number of anilines is 1. The Labute approximate surface area is 106 Å². The van der Waals surface area contributed by atoms with Crippen LogP contribution in [0.2, 0.25) is 0 Å². The summed E-state index contributed by atoms with van der Waals surface area (Å²) >= 11 is 0. The summed E-state index contributed by atoms with van der Waals surface area (Å²) in [5.41, 5.74) is 0.0137. The minimum absolute atomic E-state index is 0.00380. The van der Waals surface area contributed by atoms with Gasteiger partial charge in [0.15, 0.2) is 11.6 Å². The molecule has 1 aromatic carbocycles. The molecular formula is C14H16F2N2. The number of hydrogen-bond donors (Lipinski definition) is 0. The molecule has 1 aromatic rings. The van der Waals surface area contributed by atoms with Gasteiger partial charge in [-0.3, -0.25) is 0 Å². The molecule has 0 atom stereocenters. The Hall–Kier alpha value is -1.63. The fraction of sp³-hybridized carbons (Fsp3) is 0.500. The van der Waals surface area contributed by atoms with Gasteiger partial charge in [-0.05, 0) is 44.7 Å². The van der Waals surface area contributed by atoms with Crippen molar-refractivity contribution in [2.45, 2.75) is 32.7 Å². The van der Waals surface area contributed by atoms with Gasteiger partial charge in [0.05, 0.1) is 11.6 Å². The van der Waals surface area contributed by atoms with Crippen molar-refractivity contribution < 1.29 is 8.78 Å². The topological polar surface area (TPSA) is 27.0 Å². The van der Waals surface area contributed by atoms with Gasteiger partial charge in [0.25, 0.3) is 0 Å². The molecule has 0 N–H and O–H groups in total. The number of halogens is 2. The molecule has 0 aliphatic heterocycles. The van der Waals surface area contributed by atoms with E-state index in [1.165, 1.54) is 0 Å². The van der Waals surface area contributed by atoms with Crippen molar-refractivity contribution in [3.63, 3.8) is 0 Å². The van der Waals surface area contributed by atoms with Gasteiger partial charge in [-0.2, -0.15) is 5.26 Å². The van der Waals surface area contributed by atoms with E-state index >= 15 is 0 Å². The summed E-state index contributed by atoms with van der Waals surface area (Å²) in [4.78, 5) is 1.75. The van der Waals surface area contributed by atoms with Crippen LogP contribution in [0.1, 0.15) is 32.3 Å². The maximum absolute atomic E-state index is 13.9. The van der Waals surface area contributed by atoms with Crippen LogP contribution in [-0.2, 0) is 0 Å². The molecule has 0 spiro atoms. The summed E-state index contributed by atoms with van der Waals surface area (Å²) in [5.74, 6) is -0.761. The summed E-state index contributed by atoms with van der Waals surface area (Å²) in [6, 6.07) is 3.98. The van der Waals surface area contributed by atoms with E-state index in [1.807, 2.05) is 13.8 Å². The first kappa shape index (κ1) is 12.8. The first-order chi connectivity index (χ1) is 8.52. The highest BCUT2D eigenvalue weighted by molar-refractivity contribution is 5.53. The molecule has 0 aromatic heterocycles. The van der Waals surface area contributed by atoms with Crippen molar-refractivity contribution in [1.82, 2.24) is 0 Å². The Kier molecular flexibility index (Phi) is 3.51. The van der Waals surface area contributed by atoms with Crippen LogP contribution < -0.4 is 4.90 Å². The zero-order chi connectivity index (χ0) is 13.3. The van der Waals surface area contributed by atoms with E-state index < -0.39 is 11.6 Å². The maximum Gasteiger partial charge on any atom is 0.150 e. The third-order valence-corrected chi connectivity index (χ3v) is 3.21. The van der Waals surface area contributed by atoms with Crippen LogP contribution in [0.5, 0.6) is 0 Å². The second kappa shape index (κ2) is 4.93. The van der Waals surface area contributed by atoms with Crippen LogP contribution in [0, 0.1) is 28.9 Å². The quantitative estimate of drug-likeness (QED) is 0.818. The largest absolute Gasteiger partial charge is 0.364 e. The standard InChI is InChI=1S/C14H16F2N2/c1-9(2)18(8-10-3-4-10)14-12(15)5-11(7-17)6-13(14)16/h5-6,9-10H,3-4,8H2,1-2H3. The number of hydrogen-bond acceptors (Lipinski definition) is 2. The minimum atomic E-state index is -0.652. The Bertz CT molecular complexity index is 464. The molecule has 0 heterocycles. The average Bonchev–Trinajstić information content (AvgIpc) is 3.10. The second-order valence-electron chi connectivity index (χ2n) is 5.09. The van der Waals surface area contributed by atoms with Crippen LogP contribution in [0.15, 0.2) is 12.1 Å². The van der Waals surface area contributed by atoms with Crippen LogP contribution >= 0.6 is 0 Å². The van der Waals surface area contributed by atoms with Gasteiger partial charge >= 0.3 is 0 Å². The fourth-order valence-electron chi connectivity index (χ4n) is 2.04. The lowest BCUT2D eigenvalue weighted by atomic mass is 10.1. The number of nitrogens with zero attached hydrogens (tertiary/aromatic N) is 2. The van der Waals surface area contributed by atoms with E-state index in [0.717, 1.165) is 25.0 Å². The van der Waals surface area contributed by atoms with Gasteiger partial charge < -0.3 is 4.90 Å². The lowest BCUT2D eigenvalue weighted by Gasteiger charge is -2.29. The minimum Gasteiger partial charge on any atom is -0.364 e. The maximum atomic E-state index is 13.9. The lowest BCUT2D eigenvalue weighted by molar-refractivity contribution is 0.547. The third-order valence-electron chi connectivity index (χ3n) is 3.21. The zero-order valence-electron chi connectivity index (χ0n) is 10.6. The van der Waals surface area contributed by atoms with Gasteiger partial charge in [0.2, 0.25) is 0 Å². The van der Waals surface area contributed by atoms with Gasteiger partial charge in [-0.1, -0.05) is 0 Å². The van der Waals surface area contributed by atoms with Crippen molar-refractivity contribution in [3.05, 3.63) is 29.3 Å². The molecule has 1 aliphatic rings. The molecule has 0 radical (unpaired) electrons. The highest BCUT2D eigenvalue weighted by Crippen LogP contribution is 2.34. The Morgan fingerprint density at radius 2 is 1.89 bits per heavy atom. The van der Waals surface area contributed by atoms with Crippen LogP contribution in [0.25, 0.3) is 0 Å². The summed E-state index contributed by atoms with van der Waals surface area (Å²) in [7, 11) is 0. The fourth-order valence-corrected chi connectivity index (χ4v) is 2.04. The molecule has 1 fully saturated rings. The third kappa shape index (κ3) is 2.61. The van der Waals surface area contributed by atoms with Gasteiger partial charge in [-0.25, -0.2) is 8.78 Å². The summed E-state index contributed by atoms with van der Waals surface area (Å²) in [5, 5.41) is 8.68. The smallest absolute Gasteiger partial charge is 0.150 e. The molecule has 0 saturated heterocycles. The van der Waals surface area contributed by atoms with Crippen molar-refractivity contribution >= 4 is 5.69 Å². The summed E-state index contributed by atoms with van der Waals surface area (Å²) < 4.78 is 27.9. The second-order valence-corrected chi connectivity index (χ2v) is 5.09. The normalized spacial score (nSPS) is 14.7. The van der Waals surface area contributed by atoms with Crippen molar-refractivity contribution in [1.29, 1.82) is 5.26 Å². The molecule has 18 heavy (non-hydrogen) atoms. The van der Waals surface area contributed by atoms with E-state index in [0.29, 0.717) is 12.5 Å². The Morgan fingerprint density at radius 1 is 1.33 bits per heavy atom. The molecule has 4 heteroatoms. The molecule has 0 bridgehead atoms. The predicted molar refractivity (Wildman–Crippen MR) is 66.3 cm³/mol. The molecule has 1 saturated carbocycles. The van der Waals surface area contributed by atoms with E-state index in [4.69, 9.17) is 5.26 Å². The van der Waals surface area contributed by atoms with Gasteiger partial charge in [0, 0.05) is 12.6 Å². The predicted octanol–water partition coefficient (Wildman–Crippen LogP) is 3.46. The monoisotopic (exact) mass is 250 g/mol. The van der Waals surface area contributed by atoms with Crippen LogP contribution in [0.4, 0.5) is 14.5 Å². The molecule has 96 valence electrons. The van der Waals surface area contributed by atoms with Crippen LogP contribution in [0.3, 0.4) is 0 Å². The Balaban J connectivity index is 2.37. The Morgan fingerprint density at radius 3 is 2.28 bits per heavy atom. The summed E-state index contributed by atoms with van der Waals surface area (Å²) in [6.07, 6.45) is 2.26. The van der Waals surface area contributed by atoms with Crippen molar-refractivity contribution in [2.24, 2.45) is 5.92 Å². The molecule has 0 unspecified atom stereocenters. The first-order valence-corrected chi connectivity index (χ1v) is 6.18. The SMILES string of the molecule is CC(C)N(CC1CC1)c1c(F)cc(C#N)cc1F. The van der Waals surface area contributed by atoms with Crippen molar-refractivity contribution in [3.8, 4) is 6.07 Å². The van der Waals surface area contributed by atoms with E-state index in [1.54, 1.807) is 11.0 Å². The molecule has 2 rings (SSSR count). The van der Waals surface area contributed by atoms with E-state index in [9.17, 15) is 8.78 Å². The van der Waals surface area contributed by atoms with Gasteiger partial charge in [0.1, 0.15) is 5.69 Å². The molecule has 1 aliphatic carbocycles. The lowest BCUT2D eigenvalue weighted by Crippen LogP contribution is -2.34. The average molecular weight is 250 g/mol. The van der Waals surface area contributed by atoms with Crippen LogP contribution in [-0.4, -0.2) is 12.6 Å². The number of rotatable bonds is 4. The number of benzene rings is 1. The summed E-state index contributed by atoms with van der Waals surface area (Å²) in [6.45, 7) is 4.51. The van der Waals surface area contributed by atoms with E-state index in [-0.39, 0.29) is 17.3 Å². The molecule has 0 amide bonds. The highest BCUT2D eigenvalue weighted by atomic mass is 19.1. The molecular weight excluding hydrogens is 234 g/mol. The molecule has 2 nitrogen and oxygen atoms in total. The zero-order valence-corrected chi connectivity index (χ0v) is 10.6. The number of nitriles is 1. The highest BCUT2D eigenvalue weighted by Gasteiger charge is 2.28. The first-order valence-electron chi connectivity index (χ1n) is 6.18. The van der Waals surface area contributed by atoms with E-state index in [2.05, 4.69) is 0 Å².